The molecule has 3 aromatic rings. The van der Waals surface area contributed by atoms with Gasteiger partial charge in [-0.05, 0) is 81.3 Å². The molecule has 36 heavy (non-hydrogen) atoms. The molecule has 0 aliphatic rings. The first kappa shape index (κ1) is 26.7. The summed E-state index contributed by atoms with van der Waals surface area (Å²) in [7, 11) is 3.80. The molecule has 1 aromatic heterocycles. The zero-order chi connectivity index (χ0) is 26.5. The number of aromatic nitrogens is 1. The number of alkyl halides is 3. The van der Waals surface area contributed by atoms with Crippen LogP contribution in [0.3, 0.4) is 0 Å². The van der Waals surface area contributed by atoms with Crippen molar-refractivity contribution in [3.8, 4) is 17.2 Å². The largest absolute Gasteiger partial charge is 0.573 e. The van der Waals surface area contributed by atoms with Crippen molar-refractivity contribution in [3.63, 3.8) is 0 Å². The lowest BCUT2D eigenvalue weighted by molar-refractivity contribution is -0.274. The molecular formula is C27H31F3N4O2. The average molecular weight is 501 g/mol. The molecule has 2 N–H and O–H groups in total. The van der Waals surface area contributed by atoms with Gasteiger partial charge in [-0.3, -0.25) is 4.98 Å². The number of nitrogens with one attached hydrogen (secondary N) is 2. The number of hydrogen-bond acceptors (Lipinski definition) is 6. The van der Waals surface area contributed by atoms with Crippen LogP contribution in [-0.2, 0) is 0 Å². The van der Waals surface area contributed by atoms with Crippen LogP contribution in [0.2, 0.25) is 0 Å². The number of ether oxygens (including phenoxy) is 2. The highest BCUT2D eigenvalue weighted by molar-refractivity contribution is 5.63. The Morgan fingerprint density at radius 2 is 1.72 bits per heavy atom. The maximum absolute atomic E-state index is 12.4. The zero-order valence-corrected chi connectivity index (χ0v) is 21.2. The van der Waals surface area contributed by atoms with Crippen molar-refractivity contribution in [1.82, 2.24) is 10.3 Å². The smallest absolute Gasteiger partial charge is 0.457 e. The maximum Gasteiger partial charge on any atom is 0.573 e. The van der Waals surface area contributed by atoms with Crippen LogP contribution >= 0.6 is 0 Å². The fourth-order valence-corrected chi connectivity index (χ4v) is 3.73. The van der Waals surface area contributed by atoms with Gasteiger partial charge in [-0.15, -0.1) is 13.2 Å². The molecule has 1 heterocycles. The lowest BCUT2D eigenvalue weighted by Gasteiger charge is -2.30. The number of rotatable bonds is 9. The summed E-state index contributed by atoms with van der Waals surface area (Å²) in [6.45, 7) is 7.90. The minimum absolute atomic E-state index is 0.146. The Morgan fingerprint density at radius 1 is 1.03 bits per heavy atom. The minimum Gasteiger partial charge on any atom is -0.457 e. The van der Waals surface area contributed by atoms with E-state index in [2.05, 4.69) is 31.3 Å². The Balaban J connectivity index is 1.73. The summed E-state index contributed by atoms with van der Waals surface area (Å²) in [5.41, 5.74) is 5.35. The van der Waals surface area contributed by atoms with E-state index >= 15 is 0 Å². The molecule has 1 atom stereocenters. The third-order valence-electron chi connectivity index (χ3n) is 5.71. The first-order valence-corrected chi connectivity index (χ1v) is 11.5. The fourth-order valence-electron chi connectivity index (χ4n) is 3.73. The molecule has 0 aliphatic carbocycles. The summed E-state index contributed by atoms with van der Waals surface area (Å²) in [4.78, 5) is 6.45. The zero-order valence-electron chi connectivity index (χ0n) is 21.2. The van der Waals surface area contributed by atoms with Gasteiger partial charge in [0.2, 0.25) is 0 Å². The number of benzene rings is 2. The molecule has 9 heteroatoms. The van der Waals surface area contributed by atoms with Gasteiger partial charge in [0.25, 0.3) is 0 Å². The van der Waals surface area contributed by atoms with Crippen LogP contribution in [0.4, 0.5) is 24.5 Å². The molecule has 0 saturated carbocycles. The van der Waals surface area contributed by atoms with Crippen molar-refractivity contribution in [3.05, 3.63) is 77.6 Å². The standard InChI is InChI=1S/C27H31F3N4O2/c1-7-23(31-5)24-16-22(12-13-32-24)35-26-15-17(2)25(14-18(26)3)34(6)19(4)33-20-8-10-21(11-9-20)36-27(28,29)30/h7-16,19,31,33H,1-6H3/b23-7+. The highest BCUT2D eigenvalue weighted by Crippen LogP contribution is 2.33. The third-order valence-corrected chi connectivity index (χ3v) is 5.71. The predicted molar refractivity (Wildman–Crippen MR) is 138 cm³/mol. The first-order chi connectivity index (χ1) is 17.0. The molecule has 0 radical (unpaired) electrons. The number of nitrogens with zero attached hydrogens (tertiary/aromatic N) is 2. The third kappa shape index (κ3) is 6.84. The summed E-state index contributed by atoms with van der Waals surface area (Å²) >= 11 is 0. The minimum atomic E-state index is -4.71. The van der Waals surface area contributed by atoms with E-state index in [4.69, 9.17) is 4.74 Å². The predicted octanol–water partition coefficient (Wildman–Crippen LogP) is 6.86. The quantitative estimate of drug-likeness (QED) is 0.313. The molecule has 6 nitrogen and oxygen atoms in total. The molecule has 0 bridgehead atoms. The Hall–Kier alpha value is -3.88. The van der Waals surface area contributed by atoms with Crippen molar-refractivity contribution in [2.75, 3.05) is 24.3 Å². The molecule has 0 aliphatic heterocycles. The molecule has 192 valence electrons. The van der Waals surface area contributed by atoms with Gasteiger partial charge in [-0.25, -0.2) is 0 Å². The topological polar surface area (TPSA) is 58.7 Å². The molecular weight excluding hydrogens is 469 g/mol. The molecule has 1 unspecified atom stereocenters. The SMILES string of the molecule is C/C=C(/NC)c1cc(Oc2cc(C)c(N(C)C(C)Nc3ccc(OC(F)(F)F)cc3)cc2C)ccn1. The van der Waals surface area contributed by atoms with Crippen LogP contribution in [0.5, 0.6) is 17.2 Å². The van der Waals surface area contributed by atoms with Crippen molar-refractivity contribution >= 4 is 17.1 Å². The van der Waals surface area contributed by atoms with Crippen molar-refractivity contribution in [1.29, 1.82) is 0 Å². The van der Waals surface area contributed by atoms with E-state index in [1.54, 1.807) is 18.3 Å². The Kier molecular flexibility index (Phi) is 8.34. The van der Waals surface area contributed by atoms with Gasteiger partial charge in [0.15, 0.2) is 0 Å². The van der Waals surface area contributed by atoms with E-state index in [1.165, 1.54) is 12.1 Å². The van der Waals surface area contributed by atoms with Gasteiger partial charge >= 0.3 is 6.36 Å². The van der Waals surface area contributed by atoms with Crippen molar-refractivity contribution in [2.45, 2.75) is 40.2 Å². The van der Waals surface area contributed by atoms with Gasteiger partial charge in [-0.1, -0.05) is 6.08 Å². The van der Waals surface area contributed by atoms with E-state index in [9.17, 15) is 13.2 Å². The highest BCUT2D eigenvalue weighted by atomic mass is 19.4. The number of aryl methyl sites for hydroxylation is 2. The van der Waals surface area contributed by atoms with Crippen LogP contribution in [0.1, 0.15) is 30.7 Å². The van der Waals surface area contributed by atoms with E-state index in [1.807, 2.05) is 66.1 Å². The van der Waals surface area contributed by atoms with Gasteiger partial charge in [0.05, 0.1) is 17.6 Å². The van der Waals surface area contributed by atoms with Crippen molar-refractivity contribution < 1.29 is 22.6 Å². The Morgan fingerprint density at radius 3 is 2.33 bits per heavy atom. The highest BCUT2D eigenvalue weighted by Gasteiger charge is 2.31. The monoisotopic (exact) mass is 500 g/mol. The van der Waals surface area contributed by atoms with Crippen molar-refractivity contribution in [2.24, 2.45) is 0 Å². The van der Waals surface area contributed by atoms with E-state index in [0.29, 0.717) is 11.4 Å². The van der Waals surface area contributed by atoms with Crippen LogP contribution in [0.15, 0.2) is 60.8 Å². The summed E-state index contributed by atoms with van der Waals surface area (Å²) in [5.74, 6) is 1.17. The van der Waals surface area contributed by atoms with E-state index < -0.39 is 6.36 Å². The summed E-state index contributed by atoms with van der Waals surface area (Å²) in [6, 6.07) is 13.4. The second kappa shape index (κ2) is 11.2. The molecule has 3 rings (SSSR count). The van der Waals surface area contributed by atoms with Crippen LogP contribution in [0.25, 0.3) is 5.70 Å². The lowest BCUT2D eigenvalue weighted by atomic mass is 10.1. The molecule has 0 saturated heterocycles. The number of hydrogen-bond donors (Lipinski definition) is 2. The lowest BCUT2D eigenvalue weighted by Crippen LogP contribution is -2.36. The number of anilines is 2. The van der Waals surface area contributed by atoms with Crippen LogP contribution in [0, 0.1) is 13.8 Å². The van der Waals surface area contributed by atoms with Gasteiger partial charge in [-0.2, -0.15) is 0 Å². The number of pyridine rings is 1. The van der Waals surface area contributed by atoms with Crippen LogP contribution < -0.4 is 25.0 Å². The fraction of sp³-hybridized carbons (Fsp3) is 0.296. The summed E-state index contributed by atoms with van der Waals surface area (Å²) < 4.78 is 47.3. The Labute approximate surface area is 209 Å². The number of allylic oxidation sites excluding steroid dienone is 1. The molecule has 0 spiro atoms. The average Bonchev–Trinajstić information content (AvgIpc) is 2.82. The van der Waals surface area contributed by atoms with Gasteiger partial charge in [0.1, 0.15) is 17.2 Å². The molecule has 0 amide bonds. The normalized spacial score (nSPS) is 12.6. The van der Waals surface area contributed by atoms with Crippen LogP contribution in [-0.4, -0.2) is 31.6 Å². The maximum atomic E-state index is 12.4. The summed E-state index contributed by atoms with van der Waals surface area (Å²) in [6.07, 6.45) is -1.19. The van der Waals surface area contributed by atoms with Gasteiger partial charge < -0.3 is 25.0 Å². The van der Waals surface area contributed by atoms with E-state index in [0.717, 1.165) is 34.0 Å². The van der Waals surface area contributed by atoms with Gasteiger partial charge in [0, 0.05) is 37.7 Å². The first-order valence-electron chi connectivity index (χ1n) is 11.5. The second-order valence-electron chi connectivity index (χ2n) is 8.34. The second-order valence-corrected chi connectivity index (χ2v) is 8.34. The molecule has 2 aromatic carbocycles. The van der Waals surface area contributed by atoms with E-state index in [-0.39, 0.29) is 11.9 Å². The number of halogens is 3. The summed E-state index contributed by atoms with van der Waals surface area (Å²) in [5, 5.41) is 6.42. The molecule has 0 fully saturated rings. The Bertz CT molecular complexity index is 1210.